The van der Waals surface area contributed by atoms with Gasteiger partial charge in [0.25, 0.3) is 0 Å². The molecule has 0 spiro atoms. The zero-order valence-electron chi connectivity index (χ0n) is 13.5. The normalized spacial score (nSPS) is 15.0. The van der Waals surface area contributed by atoms with Crippen LogP contribution in [0.1, 0.15) is 26.7 Å². The Morgan fingerprint density at radius 1 is 1.35 bits per heavy atom. The van der Waals surface area contributed by atoms with Crippen LogP contribution in [0, 0.1) is 5.92 Å². The summed E-state index contributed by atoms with van der Waals surface area (Å²) in [6, 6.07) is 7.88. The number of nitrogens with zero attached hydrogens (tertiary/aromatic N) is 1. The molecule has 1 saturated carbocycles. The Kier molecular flexibility index (Phi) is 6.33. The molecule has 0 aliphatic heterocycles. The van der Waals surface area contributed by atoms with Crippen LogP contribution in [-0.2, 0) is 9.59 Å². The van der Waals surface area contributed by atoms with Crippen LogP contribution >= 0.6 is 11.8 Å². The van der Waals surface area contributed by atoms with Crippen molar-refractivity contribution in [2.75, 3.05) is 18.9 Å². The van der Waals surface area contributed by atoms with Gasteiger partial charge in [-0.2, -0.15) is 0 Å². The maximum absolute atomic E-state index is 12.4. The Bertz CT molecular complexity index is 542. The lowest BCUT2D eigenvalue weighted by Crippen LogP contribution is -2.39. The summed E-state index contributed by atoms with van der Waals surface area (Å²) < 4.78 is 5.39. The Hall–Kier alpha value is -1.69. The number of amides is 1. The van der Waals surface area contributed by atoms with E-state index in [1.54, 1.807) is 11.8 Å². The van der Waals surface area contributed by atoms with Crippen molar-refractivity contribution < 1.29 is 19.4 Å². The van der Waals surface area contributed by atoms with E-state index >= 15 is 0 Å². The number of carbonyl (C=O) groups excluding carboxylic acids is 1. The molecule has 0 heterocycles. The summed E-state index contributed by atoms with van der Waals surface area (Å²) in [5.41, 5.74) is 0. The fourth-order valence-electron chi connectivity index (χ4n) is 2.24. The number of carbonyl (C=O) groups is 2. The van der Waals surface area contributed by atoms with Gasteiger partial charge in [0, 0.05) is 17.5 Å². The van der Waals surface area contributed by atoms with Crippen LogP contribution in [0.2, 0.25) is 0 Å². The maximum Gasteiger partial charge on any atom is 0.308 e. The molecule has 1 aromatic carbocycles. The lowest BCUT2D eigenvalue weighted by Gasteiger charge is -2.24. The zero-order chi connectivity index (χ0) is 16.8. The van der Waals surface area contributed by atoms with E-state index in [0.717, 1.165) is 23.5 Å². The molecule has 1 unspecified atom stereocenters. The second kappa shape index (κ2) is 8.24. The maximum atomic E-state index is 12.4. The van der Waals surface area contributed by atoms with E-state index in [2.05, 4.69) is 0 Å². The highest BCUT2D eigenvalue weighted by molar-refractivity contribution is 8.00. The van der Waals surface area contributed by atoms with Gasteiger partial charge in [-0.15, -0.1) is 11.8 Å². The first-order chi connectivity index (χ1) is 11.0. The molecule has 2 rings (SSSR count). The molecule has 0 saturated heterocycles. The number of hydrogen-bond donors (Lipinski definition) is 1. The van der Waals surface area contributed by atoms with Crippen LogP contribution in [0.5, 0.6) is 5.75 Å². The number of benzene rings is 1. The Labute approximate surface area is 141 Å². The van der Waals surface area contributed by atoms with Crippen molar-refractivity contribution in [1.82, 2.24) is 4.90 Å². The van der Waals surface area contributed by atoms with Gasteiger partial charge in [-0.3, -0.25) is 9.59 Å². The van der Waals surface area contributed by atoms with Crippen LogP contribution in [0.25, 0.3) is 0 Å². The molecule has 6 heteroatoms. The predicted molar refractivity (Wildman–Crippen MR) is 89.9 cm³/mol. The molecule has 1 fully saturated rings. The van der Waals surface area contributed by atoms with E-state index in [-0.39, 0.29) is 11.9 Å². The Morgan fingerprint density at radius 2 is 2.00 bits per heavy atom. The van der Waals surface area contributed by atoms with E-state index in [9.17, 15) is 9.59 Å². The fraction of sp³-hybridized carbons (Fsp3) is 0.529. The number of carboxylic acid groups (broad SMARTS) is 1. The molecule has 0 bridgehead atoms. The minimum atomic E-state index is -0.859. The standard InChI is InChI=1S/C17H23NO4S/c1-3-22-14-6-8-15(9-7-14)23-11-16(19)18(13-4-5-13)10-12(2)17(20)21/h6-9,12-13H,3-5,10-11H2,1-2H3,(H,20,21). The molecule has 1 N–H and O–H groups in total. The molecule has 23 heavy (non-hydrogen) atoms. The molecule has 1 atom stereocenters. The lowest BCUT2D eigenvalue weighted by molar-refractivity contribution is -0.142. The number of thioether (sulfide) groups is 1. The van der Waals surface area contributed by atoms with Gasteiger partial charge in [0.15, 0.2) is 0 Å². The summed E-state index contributed by atoms with van der Waals surface area (Å²) in [5, 5.41) is 9.04. The summed E-state index contributed by atoms with van der Waals surface area (Å²) in [7, 11) is 0. The van der Waals surface area contributed by atoms with E-state index in [1.165, 1.54) is 11.8 Å². The Balaban J connectivity index is 1.87. The summed E-state index contributed by atoms with van der Waals surface area (Å²) in [5.74, 6) is -0.230. The van der Waals surface area contributed by atoms with Crippen molar-refractivity contribution in [3.8, 4) is 5.75 Å². The number of hydrogen-bond acceptors (Lipinski definition) is 4. The average Bonchev–Trinajstić information content (AvgIpc) is 3.36. The van der Waals surface area contributed by atoms with Crippen LogP contribution in [0.4, 0.5) is 0 Å². The molecule has 0 aromatic heterocycles. The second-order valence-corrected chi connectivity index (χ2v) is 6.76. The average molecular weight is 337 g/mol. The van der Waals surface area contributed by atoms with Gasteiger partial charge in [0.05, 0.1) is 18.3 Å². The largest absolute Gasteiger partial charge is 0.494 e. The minimum absolute atomic E-state index is 0.0134. The van der Waals surface area contributed by atoms with Crippen LogP contribution < -0.4 is 4.74 Å². The SMILES string of the molecule is CCOc1ccc(SCC(=O)N(CC(C)C(=O)O)C2CC2)cc1. The number of aliphatic carboxylic acids is 1. The summed E-state index contributed by atoms with van der Waals surface area (Å²) in [6.07, 6.45) is 1.96. The van der Waals surface area contributed by atoms with Crippen LogP contribution in [0.15, 0.2) is 29.2 Å². The molecule has 1 amide bonds. The summed E-state index contributed by atoms with van der Waals surface area (Å²) in [4.78, 5) is 26.2. The smallest absolute Gasteiger partial charge is 0.308 e. The molecular weight excluding hydrogens is 314 g/mol. The molecule has 126 valence electrons. The van der Waals surface area contributed by atoms with Crippen molar-refractivity contribution in [2.24, 2.45) is 5.92 Å². The highest BCUT2D eigenvalue weighted by Gasteiger charge is 2.34. The van der Waals surface area contributed by atoms with Crippen molar-refractivity contribution in [3.63, 3.8) is 0 Å². The third-order valence-corrected chi connectivity index (χ3v) is 4.69. The molecule has 1 aliphatic carbocycles. The summed E-state index contributed by atoms with van der Waals surface area (Å²) >= 11 is 1.47. The van der Waals surface area contributed by atoms with E-state index in [4.69, 9.17) is 9.84 Å². The quantitative estimate of drug-likeness (QED) is 0.702. The van der Waals surface area contributed by atoms with Gasteiger partial charge in [-0.1, -0.05) is 6.92 Å². The number of rotatable bonds is 9. The molecular formula is C17H23NO4S. The second-order valence-electron chi connectivity index (χ2n) is 5.71. The van der Waals surface area contributed by atoms with Gasteiger partial charge in [0.2, 0.25) is 5.91 Å². The van der Waals surface area contributed by atoms with E-state index < -0.39 is 11.9 Å². The van der Waals surface area contributed by atoms with Gasteiger partial charge in [0.1, 0.15) is 5.75 Å². The first kappa shape index (κ1) is 17.7. The summed E-state index contributed by atoms with van der Waals surface area (Å²) in [6.45, 7) is 4.50. The fourth-order valence-corrected chi connectivity index (χ4v) is 3.03. The molecule has 5 nitrogen and oxygen atoms in total. The van der Waals surface area contributed by atoms with Crippen molar-refractivity contribution in [3.05, 3.63) is 24.3 Å². The number of ether oxygens (including phenoxy) is 1. The first-order valence-corrected chi connectivity index (χ1v) is 8.87. The van der Waals surface area contributed by atoms with Crippen LogP contribution in [-0.4, -0.2) is 46.8 Å². The topological polar surface area (TPSA) is 66.8 Å². The first-order valence-electron chi connectivity index (χ1n) is 7.89. The highest BCUT2D eigenvalue weighted by atomic mass is 32.2. The van der Waals surface area contributed by atoms with Crippen molar-refractivity contribution in [1.29, 1.82) is 0 Å². The van der Waals surface area contributed by atoms with E-state index in [0.29, 0.717) is 18.9 Å². The Morgan fingerprint density at radius 3 is 2.52 bits per heavy atom. The third kappa shape index (κ3) is 5.46. The predicted octanol–water partition coefficient (Wildman–Crippen LogP) is 2.89. The molecule has 1 aromatic rings. The number of carboxylic acids is 1. The van der Waals surface area contributed by atoms with Crippen LogP contribution in [0.3, 0.4) is 0 Å². The van der Waals surface area contributed by atoms with Gasteiger partial charge >= 0.3 is 5.97 Å². The van der Waals surface area contributed by atoms with Gasteiger partial charge in [-0.25, -0.2) is 0 Å². The lowest BCUT2D eigenvalue weighted by atomic mass is 10.1. The van der Waals surface area contributed by atoms with Crippen molar-refractivity contribution in [2.45, 2.75) is 37.6 Å². The van der Waals surface area contributed by atoms with Crippen molar-refractivity contribution >= 4 is 23.6 Å². The minimum Gasteiger partial charge on any atom is -0.494 e. The zero-order valence-corrected chi connectivity index (χ0v) is 14.3. The van der Waals surface area contributed by atoms with Gasteiger partial charge < -0.3 is 14.7 Å². The van der Waals surface area contributed by atoms with E-state index in [1.807, 2.05) is 31.2 Å². The van der Waals surface area contributed by atoms with Gasteiger partial charge in [-0.05, 0) is 44.0 Å². The third-order valence-electron chi connectivity index (χ3n) is 3.70. The molecule has 0 radical (unpaired) electrons. The monoisotopic (exact) mass is 337 g/mol. The highest BCUT2D eigenvalue weighted by Crippen LogP contribution is 2.29. The molecule has 1 aliphatic rings.